The second-order valence-electron chi connectivity index (χ2n) is 6.30. The number of benzene rings is 2. The summed E-state index contributed by atoms with van der Waals surface area (Å²) in [6, 6.07) is 20.7. The van der Waals surface area contributed by atoms with E-state index in [0.29, 0.717) is 6.54 Å². The van der Waals surface area contributed by atoms with Crippen LogP contribution < -0.4 is 5.32 Å². The van der Waals surface area contributed by atoms with E-state index in [0.717, 1.165) is 11.3 Å². The molecular formula is C19H22N2. The molecule has 2 rings (SSSR count). The van der Waals surface area contributed by atoms with Crippen LogP contribution in [0.5, 0.6) is 0 Å². The van der Waals surface area contributed by atoms with Gasteiger partial charge >= 0.3 is 0 Å². The van der Waals surface area contributed by atoms with Crippen molar-refractivity contribution >= 4 is 5.69 Å². The molecular weight excluding hydrogens is 256 g/mol. The SMILES string of the molecule is CC(C)(C)c1ccc(NCC(C#N)c2ccccc2)cc1. The molecule has 0 saturated carbocycles. The maximum Gasteiger partial charge on any atom is 0.0885 e. The average molecular weight is 278 g/mol. The van der Waals surface area contributed by atoms with Gasteiger partial charge in [0.25, 0.3) is 0 Å². The average Bonchev–Trinajstić information content (AvgIpc) is 2.48. The van der Waals surface area contributed by atoms with Crippen LogP contribution in [0, 0.1) is 11.3 Å². The molecule has 0 aromatic heterocycles. The standard InChI is InChI=1S/C19H22N2/c1-19(2,3)17-9-11-18(12-10-17)21-14-16(13-20)15-7-5-4-6-8-15/h4-12,16,21H,14H2,1-3H3. The van der Waals surface area contributed by atoms with Crippen molar-refractivity contribution in [2.24, 2.45) is 0 Å². The topological polar surface area (TPSA) is 35.8 Å². The number of rotatable bonds is 4. The summed E-state index contributed by atoms with van der Waals surface area (Å²) in [6.45, 7) is 7.24. The number of anilines is 1. The maximum atomic E-state index is 9.32. The van der Waals surface area contributed by atoms with Gasteiger partial charge in [0.2, 0.25) is 0 Å². The molecule has 0 saturated heterocycles. The lowest BCUT2D eigenvalue weighted by atomic mass is 9.87. The number of nitriles is 1. The highest BCUT2D eigenvalue weighted by Gasteiger charge is 2.13. The Kier molecular flexibility index (Phi) is 4.65. The fraction of sp³-hybridized carbons (Fsp3) is 0.316. The number of hydrogen-bond donors (Lipinski definition) is 1. The molecule has 2 aromatic rings. The number of nitrogens with one attached hydrogen (secondary N) is 1. The molecule has 0 spiro atoms. The van der Waals surface area contributed by atoms with Gasteiger partial charge in [-0.25, -0.2) is 0 Å². The van der Waals surface area contributed by atoms with E-state index in [2.05, 4.69) is 56.4 Å². The third-order valence-corrected chi connectivity index (χ3v) is 3.62. The van der Waals surface area contributed by atoms with Gasteiger partial charge < -0.3 is 5.32 Å². The summed E-state index contributed by atoms with van der Waals surface area (Å²) in [5.41, 5.74) is 3.59. The zero-order valence-corrected chi connectivity index (χ0v) is 12.9. The van der Waals surface area contributed by atoms with Gasteiger partial charge in [0.05, 0.1) is 12.0 Å². The van der Waals surface area contributed by atoms with Gasteiger partial charge in [-0.15, -0.1) is 0 Å². The highest BCUT2D eigenvalue weighted by atomic mass is 14.9. The van der Waals surface area contributed by atoms with Crippen LogP contribution in [0.25, 0.3) is 0 Å². The highest BCUT2D eigenvalue weighted by molar-refractivity contribution is 5.46. The monoisotopic (exact) mass is 278 g/mol. The summed E-state index contributed by atoms with van der Waals surface area (Å²) in [6.07, 6.45) is 0. The van der Waals surface area contributed by atoms with Crippen molar-refractivity contribution in [1.82, 2.24) is 0 Å². The molecule has 0 aliphatic rings. The first-order valence-corrected chi connectivity index (χ1v) is 7.29. The molecule has 0 aliphatic heterocycles. The van der Waals surface area contributed by atoms with Gasteiger partial charge in [-0.2, -0.15) is 5.26 Å². The van der Waals surface area contributed by atoms with Gasteiger partial charge in [0.1, 0.15) is 0 Å². The molecule has 0 amide bonds. The van der Waals surface area contributed by atoms with Crippen LogP contribution in [0.3, 0.4) is 0 Å². The lowest BCUT2D eigenvalue weighted by Gasteiger charge is -2.19. The first kappa shape index (κ1) is 15.1. The minimum absolute atomic E-state index is 0.131. The predicted molar refractivity (Wildman–Crippen MR) is 88.4 cm³/mol. The smallest absolute Gasteiger partial charge is 0.0885 e. The largest absolute Gasteiger partial charge is 0.383 e. The van der Waals surface area contributed by atoms with Crippen molar-refractivity contribution in [2.45, 2.75) is 32.1 Å². The van der Waals surface area contributed by atoms with E-state index < -0.39 is 0 Å². The van der Waals surface area contributed by atoms with E-state index in [1.54, 1.807) is 0 Å². The van der Waals surface area contributed by atoms with E-state index in [1.807, 2.05) is 30.3 Å². The molecule has 2 nitrogen and oxygen atoms in total. The summed E-state index contributed by atoms with van der Waals surface area (Å²) in [5.74, 6) is -0.131. The molecule has 1 unspecified atom stereocenters. The van der Waals surface area contributed by atoms with Crippen LogP contribution in [-0.2, 0) is 5.41 Å². The Hall–Kier alpha value is -2.27. The Morgan fingerprint density at radius 1 is 1.00 bits per heavy atom. The Morgan fingerprint density at radius 2 is 1.62 bits per heavy atom. The van der Waals surface area contributed by atoms with Crippen molar-refractivity contribution in [3.05, 3.63) is 65.7 Å². The number of hydrogen-bond acceptors (Lipinski definition) is 2. The molecule has 21 heavy (non-hydrogen) atoms. The molecule has 0 radical (unpaired) electrons. The first-order valence-electron chi connectivity index (χ1n) is 7.29. The molecule has 1 N–H and O–H groups in total. The molecule has 0 bridgehead atoms. The lowest BCUT2D eigenvalue weighted by Crippen LogP contribution is -2.13. The van der Waals surface area contributed by atoms with E-state index >= 15 is 0 Å². The Balaban J connectivity index is 2.01. The Morgan fingerprint density at radius 3 is 2.14 bits per heavy atom. The third kappa shape index (κ3) is 4.10. The molecule has 0 fully saturated rings. The van der Waals surface area contributed by atoms with Gasteiger partial charge in [-0.3, -0.25) is 0 Å². The first-order chi connectivity index (χ1) is 10.0. The molecule has 1 atom stereocenters. The summed E-state index contributed by atoms with van der Waals surface area (Å²) in [5, 5.41) is 12.7. The molecule has 108 valence electrons. The van der Waals surface area contributed by atoms with Crippen LogP contribution >= 0.6 is 0 Å². The normalized spacial score (nSPS) is 12.5. The van der Waals surface area contributed by atoms with Crippen LogP contribution in [0.4, 0.5) is 5.69 Å². The zero-order valence-electron chi connectivity index (χ0n) is 12.9. The van der Waals surface area contributed by atoms with Crippen LogP contribution in [0.15, 0.2) is 54.6 Å². The van der Waals surface area contributed by atoms with Crippen LogP contribution in [0.2, 0.25) is 0 Å². The highest BCUT2D eigenvalue weighted by Crippen LogP contribution is 2.24. The minimum atomic E-state index is -0.131. The minimum Gasteiger partial charge on any atom is -0.383 e. The van der Waals surface area contributed by atoms with Crippen molar-refractivity contribution in [3.63, 3.8) is 0 Å². The predicted octanol–water partition coefficient (Wildman–Crippen LogP) is 4.70. The van der Waals surface area contributed by atoms with E-state index in [1.165, 1.54) is 5.56 Å². The maximum absolute atomic E-state index is 9.32. The van der Waals surface area contributed by atoms with Gasteiger partial charge in [-0.05, 0) is 28.7 Å². The lowest BCUT2D eigenvalue weighted by molar-refractivity contribution is 0.590. The Labute approximate surface area is 127 Å². The van der Waals surface area contributed by atoms with Crippen LogP contribution in [-0.4, -0.2) is 6.54 Å². The second-order valence-corrected chi connectivity index (χ2v) is 6.30. The van der Waals surface area contributed by atoms with Crippen LogP contribution in [0.1, 0.15) is 37.8 Å². The van der Waals surface area contributed by atoms with Crippen molar-refractivity contribution < 1.29 is 0 Å². The fourth-order valence-electron chi connectivity index (χ4n) is 2.23. The molecule has 0 heterocycles. The van der Waals surface area contributed by atoms with Crippen molar-refractivity contribution in [3.8, 4) is 6.07 Å². The van der Waals surface area contributed by atoms with Gasteiger partial charge in [-0.1, -0.05) is 63.2 Å². The van der Waals surface area contributed by atoms with Crippen molar-refractivity contribution in [2.75, 3.05) is 11.9 Å². The molecule has 2 heteroatoms. The summed E-state index contributed by atoms with van der Waals surface area (Å²) < 4.78 is 0. The van der Waals surface area contributed by atoms with Crippen molar-refractivity contribution in [1.29, 1.82) is 5.26 Å². The zero-order chi connectivity index (χ0) is 15.3. The van der Waals surface area contributed by atoms with E-state index in [4.69, 9.17) is 0 Å². The van der Waals surface area contributed by atoms with Gasteiger partial charge in [0.15, 0.2) is 0 Å². The van der Waals surface area contributed by atoms with E-state index in [-0.39, 0.29) is 11.3 Å². The molecule has 2 aromatic carbocycles. The van der Waals surface area contributed by atoms with E-state index in [9.17, 15) is 5.26 Å². The second kappa shape index (κ2) is 6.45. The summed E-state index contributed by atoms with van der Waals surface area (Å²) in [4.78, 5) is 0. The summed E-state index contributed by atoms with van der Waals surface area (Å²) >= 11 is 0. The third-order valence-electron chi connectivity index (χ3n) is 3.62. The Bertz CT molecular complexity index is 601. The quantitative estimate of drug-likeness (QED) is 0.879. The number of nitrogens with zero attached hydrogens (tertiary/aromatic N) is 1. The van der Waals surface area contributed by atoms with Gasteiger partial charge in [0, 0.05) is 12.2 Å². The fourth-order valence-corrected chi connectivity index (χ4v) is 2.23. The summed E-state index contributed by atoms with van der Waals surface area (Å²) in [7, 11) is 0. The molecule has 0 aliphatic carbocycles.